The van der Waals surface area contributed by atoms with Gasteiger partial charge in [0.05, 0.1) is 18.3 Å². The Morgan fingerprint density at radius 3 is 2.26 bits per heavy atom. The molecule has 0 spiro atoms. The molecule has 3 aromatic carbocycles. The number of carbonyl (C=O) groups is 3. The Morgan fingerprint density at radius 1 is 0.943 bits per heavy atom. The van der Waals surface area contributed by atoms with E-state index in [0.29, 0.717) is 12.1 Å². The van der Waals surface area contributed by atoms with Crippen LogP contribution in [0.25, 0.3) is 5.57 Å². The molecule has 1 heterocycles. The molecule has 1 aliphatic rings. The van der Waals surface area contributed by atoms with Gasteiger partial charge in [-0.3, -0.25) is 19.3 Å². The van der Waals surface area contributed by atoms with Gasteiger partial charge in [-0.05, 0) is 36.1 Å². The Balaban J connectivity index is 1.79. The van der Waals surface area contributed by atoms with E-state index in [1.165, 1.54) is 4.90 Å². The zero-order valence-electron chi connectivity index (χ0n) is 19.6. The van der Waals surface area contributed by atoms with Crippen LogP contribution in [-0.4, -0.2) is 36.9 Å². The first kappa shape index (κ1) is 24.1. The maximum absolute atomic E-state index is 13.8. The molecule has 1 unspecified atom stereocenters. The summed E-state index contributed by atoms with van der Waals surface area (Å²) in [7, 11) is 0. The summed E-state index contributed by atoms with van der Waals surface area (Å²) in [6.07, 6.45) is 2.00. The van der Waals surface area contributed by atoms with Crippen molar-refractivity contribution >= 4 is 28.9 Å². The van der Waals surface area contributed by atoms with Crippen LogP contribution in [0.3, 0.4) is 0 Å². The van der Waals surface area contributed by atoms with Crippen LogP contribution in [0.5, 0.6) is 0 Å². The highest BCUT2D eigenvalue weighted by Gasteiger charge is 2.37. The summed E-state index contributed by atoms with van der Waals surface area (Å²) in [5.41, 5.74) is 10.2. The van der Waals surface area contributed by atoms with Crippen molar-refractivity contribution in [2.24, 2.45) is 11.7 Å². The topological polar surface area (TPSA) is 89.7 Å². The second-order valence-electron chi connectivity index (χ2n) is 8.37. The van der Waals surface area contributed by atoms with Crippen LogP contribution in [0.15, 0.2) is 91.0 Å². The Morgan fingerprint density at radius 2 is 1.57 bits per heavy atom. The molecule has 0 saturated carbocycles. The van der Waals surface area contributed by atoms with Crippen molar-refractivity contribution in [2.45, 2.75) is 19.4 Å². The van der Waals surface area contributed by atoms with Gasteiger partial charge in [0, 0.05) is 5.56 Å². The van der Waals surface area contributed by atoms with Crippen LogP contribution in [0.2, 0.25) is 0 Å². The van der Waals surface area contributed by atoms with Crippen molar-refractivity contribution in [3.8, 4) is 0 Å². The average molecular weight is 469 g/mol. The number of Topliss-reactive ketones (excluding diaryl/α,β-unsaturated/α-hetero) is 1. The first-order valence-corrected chi connectivity index (χ1v) is 11.7. The highest BCUT2D eigenvalue weighted by atomic mass is 16.5. The largest absolute Gasteiger partial charge is 0.465 e. The van der Waals surface area contributed by atoms with Crippen molar-refractivity contribution in [1.29, 1.82) is 0 Å². The van der Waals surface area contributed by atoms with Gasteiger partial charge in [0.1, 0.15) is 12.5 Å². The fourth-order valence-corrected chi connectivity index (χ4v) is 4.32. The average Bonchev–Trinajstić information content (AvgIpc) is 3.00. The molecule has 0 bridgehead atoms. The lowest BCUT2D eigenvalue weighted by atomic mass is 9.89. The fraction of sp³-hybridized carbons (Fsp3) is 0.207. The number of benzene rings is 3. The van der Waals surface area contributed by atoms with Crippen LogP contribution >= 0.6 is 0 Å². The van der Waals surface area contributed by atoms with Gasteiger partial charge in [-0.1, -0.05) is 84.9 Å². The van der Waals surface area contributed by atoms with Crippen LogP contribution in [0.4, 0.5) is 5.69 Å². The van der Waals surface area contributed by atoms with Gasteiger partial charge in [-0.15, -0.1) is 0 Å². The molecule has 0 aliphatic carbocycles. The molecule has 0 fully saturated rings. The van der Waals surface area contributed by atoms with Gasteiger partial charge in [0.25, 0.3) is 0 Å². The monoisotopic (exact) mass is 468 g/mol. The van der Waals surface area contributed by atoms with Crippen LogP contribution in [0.1, 0.15) is 23.6 Å². The highest BCUT2D eigenvalue weighted by Crippen LogP contribution is 2.37. The maximum Gasteiger partial charge on any atom is 0.326 e. The molecule has 178 valence electrons. The van der Waals surface area contributed by atoms with E-state index < -0.39 is 29.6 Å². The normalized spacial score (nSPS) is 16.1. The Labute approximate surface area is 205 Å². The van der Waals surface area contributed by atoms with E-state index in [4.69, 9.17) is 10.5 Å². The molecule has 3 aromatic rings. The summed E-state index contributed by atoms with van der Waals surface area (Å²) < 4.78 is 5.12. The molecular formula is C29H28N2O4. The number of carbonyl (C=O) groups excluding carboxylic acids is 3. The Bertz CT molecular complexity index is 1240. The van der Waals surface area contributed by atoms with E-state index in [-0.39, 0.29) is 13.2 Å². The standard InChI is InChI=1S/C29H28N2O4/c1-2-35-27(32)19-31-26-16-10-9-15-22(26)23(21-13-7-4-8-14-21)18-24(29(31)34)28(33)25(30)17-20-11-5-3-6-12-20/h3-16,18,24-25H,2,17,19,30H2,1H3/t24?,25-/m0/s1. The zero-order valence-corrected chi connectivity index (χ0v) is 19.6. The van der Waals surface area contributed by atoms with Crippen molar-refractivity contribution in [3.63, 3.8) is 0 Å². The number of fused-ring (bicyclic) bond motifs is 1. The van der Waals surface area contributed by atoms with Crippen LogP contribution in [-0.2, 0) is 25.5 Å². The van der Waals surface area contributed by atoms with Crippen molar-refractivity contribution in [2.75, 3.05) is 18.1 Å². The minimum absolute atomic E-state index is 0.195. The molecule has 1 amide bonds. The summed E-state index contributed by atoms with van der Waals surface area (Å²) in [5.74, 6) is -2.58. The summed E-state index contributed by atoms with van der Waals surface area (Å²) in [6, 6.07) is 25.5. The summed E-state index contributed by atoms with van der Waals surface area (Å²) in [5, 5.41) is 0. The highest BCUT2D eigenvalue weighted by molar-refractivity contribution is 6.16. The first-order valence-electron chi connectivity index (χ1n) is 11.7. The molecule has 6 heteroatoms. The number of anilines is 1. The van der Waals surface area contributed by atoms with Gasteiger partial charge < -0.3 is 10.5 Å². The molecular weight excluding hydrogens is 440 g/mol. The summed E-state index contributed by atoms with van der Waals surface area (Å²) in [6.45, 7) is 1.61. The summed E-state index contributed by atoms with van der Waals surface area (Å²) in [4.78, 5) is 41.2. The lowest BCUT2D eigenvalue weighted by molar-refractivity contribution is -0.143. The van der Waals surface area contributed by atoms with Crippen LogP contribution in [0, 0.1) is 5.92 Å². The number of nitrogens with two attached hydrogens (primary N) is 1. The predicted molar refractivity (Wildman–Crippen MR) is 136 cm³/mol. The van der Waals surface area contributed by atoms with E-state index >= 15 is 0 Å². The van der Waals surface area contributed by atoms with E-state index in [1.807, 2.05) is 72.8 Å². The second-order valence-corrected chi connectivity index (χ2v) is 8.37. The number of amides is 1. The smallest absolute Gasteiger partial charge is 0.326 e. The van der Waals surface area contributed by atoms with Gasteiger partial charge in [-0.2, -0.15) is 0 Å². The lowest BCUT2D eigenvalue weighted by Gasteiger charge is -2.25. The van der Waals surface area contributed by atoms with Gasteiger partial charge in [0.2, 0.25) is 5.91 Å². The molecule has 0 aromatic heterocycles. The van der Waals surface area contributed by atoms with Gasteiger partial charge in [-0.25, -0.2) is 0 Å². The molecule has 2 N–H and O–H groups in total. The number of hydrogen-bond acceptors (Lipinski definition) is 5. The molecule has 0 radical (unpaired) electrons. The molecule has 0 saturated heterocycles. The first-order chi connectivity index (χ1) is 17.0. The van der Waals surface area contributed by atoms with Gasteiger partial charge >= 0.3 is 5.97 Å². The minimum atomic E-state index is -1.15. The fourth-order valence-electron chi connectivity index (χ4n) is 4.32. The molecule has 35 heavy (non-hydrogen) atoms. The minimum Gasteiger partial charge on any atom is -0.465 e. The third-order valence-electron chi connectivity index (χ3n) is 6.00. The van der Waals surface area contributed by atoms with E-state index in [2.05, 4.69) is 0 Å². The Kier molecular flexibility index (Phi) is 7.53. The predicted octanol–water partition coefficient (Wildman–Crippen LogP) is 3.78. The number of hydrogen-bond donors (Lipinski definition) is 1. The number of rotatable bonds is 8. The second kappa shape index (κ2) is 10.9. The molecule has 4 rings (SSSR count). The maximum atomic E-state index is 13.8. The lowest BCUT2D eigenvalue weighted by Crippen LogP contribution is -2.46. The quantitative estimate of drug-likeness (QED) is 0.401. The SMILES string of the molecule is CCOC(=O)CN1C(=O)C(C(=O)[C@@H](N)Cc2ccccc2)C=C(c2ccccc2)c2ccccc21. The number of ketones is 1. The van der Waals surface area contributed by atoms with Crippen molar-refractivity contribution in [1.82, 2.24) is 0 Å². The molecule has 2 atom stereocenters. The van der Waals surface area contributed by atoms with Crippen molar-refractivity contribution < 1.29 is 19.1 Å². The number of nitrogens with zero attached hydrogens (tertiary/aromatic N) is 1. The van der Waals surface area contributed by atoms with Crippen molar-refractivity contribution in [3.05, 3.63) is 108 Å². The Hall–Kier alpha value is -4.03. The molecule has 1 aliphatic heterocycles. The third-order valence-corrected chi connectivity index (χ3v) is 6.00. The third kappa shape index (κ3) is 5.39. The zero-order chi connectivity index (χ0) is 24.8. The molecule has 6 nitrogen and oxygen atoms in total. The van der Waals surface area contributed by atoms with E-state index in [1.54, 1.807) is 25.1 Å². The summed E-state index contributed by atoms with van der Waals surface area (Å²) >= 11 is 0. The van der Waals surface area contributed by atoms with E-state index in [0.717, 1.165) is 22.3 Å². The number of esters is 1. The van der Waals surface area contributed by atoms with Gasteiger partial charge in [0.15, 0.2) is 5.78 Å². The number of ether oxygens (including phenoxy) is 1. The van der Waals surface area contributed by atoms with E-state index in [9.17, 15) is 14.4 Å². The number of para-hydroxylation sites is 1. The van der Waals surface area contributed by atoms with Crippen LogP contribution < -0.4 is 10.6 Å².